The summed E-state index contributed by atoms with van der Waals surface area (Å²) in [6.45, 7) is 1.06. The van der Waals surface area contributed by atoms with Crippen molar-refractivity contribution in [2.75, 3.05) is 30.4 Å². The van der Waals surface area contributed by atoms with Gasteiger partial charge in [0, 0.05) is 16.4 Å². The van der Waals surface area contributed by atoms with E-state index >= 15 is 0 Å². The third-order valence-electron chi connectivity index (χ3n) is 3.80. The molecule has 0 saturated heterocycles. The Labute approximate surface area is 169 Å². The van der Waals surface area contributed by atoms with Crippen molar-refractivity contribution in [2.45, 2.75) is 0 Å². The van der Waals surface area contributed by atoms with Crippen molar-refractivity contribution in [3.63, 3.8) is 0 Å². The molecule has 28 heavy (non-hydrogen) atoms. The highest BCUT2D eigenvalue weighted by atomic mass is 35.5. The number of carbonyl (C=O) groups is 1. The van der Waals surface area contributed by atoms with Crippen LogP contribution in [0.25, 0.3) is 0 Å². The van der Waals surface area contributed by atoms with Gasteiger partial charge in [-0.05, 0) is 60.7 Å². The van der Waals surface area contributed by atoms with Crippen LogP contribution in [0.3, 0.4) is 0 Å². The molecule has 6 heteroatoms. The standard InChI is InChI=1S/C22H21ClN2O3/c23-17-6-8-18(9-7-17)24-16-22(26)25-19-10-12-21(13-11-19)28-15-14-27-20-4-2-1-3-5-20/h1-13,24H,14-16H2,(H,25,26). The Morgan fingerprint density at radius 2 is 1.32 bits per heavy atom. The quantitative estimate of drug-likeness (QED) is 0.508. The van der Waals surface area contributed by atoms with Crippen molar-refractivity contribution in [1.29, 1.82) is 0 Å². The van der Waals surface area contributed by atoms with E-state index in [4.69, 9.17) is 21.1 Å². The van der Waals surface area contributed by atoms with Crippen LogP contribution in [0.5, 0.6) is 11.5 Å². The van der Waals surface area contributed by atoms with E-state index < -0.39 is 0 Å². The van der Waals surface area contributed by atoms with Crippen molar-refractivity contribution in [2.24, 2.45) is 0 Å². The first-order valence-electron chi connectivity index (χ1n) is 8.89. The molecule has 0 aliphatic rings. The average Bonchev–Trinajstić information content (AvgIpc) is 2.73. The number of rotatable bonds is 9. The van der Waals surface area contributed by atoms with Crippen LogP contribution in [0.4, 0.5) is 11.4 Å². The minimum Gasteiger partial charge on any atom is -0.490 e. The van der Waals surface area contributed by atoms with Gasteiger partial charge >= 0.3 is 0 Å². The summed E-state index contributed by atoms with van der Waals surface area (Å²) in [5, 5.41) is 6.53. The van der Waals surface area contributed by atoms with Crippen LogP contribution in [0.2, 0.25) is 5.02 Å². The fraction of sp³-hybridized carbons (Fsp3) is 0.136. The molecule has 0 saturated carbocycles. The Hall–Kier alpha value is -3.18. The molecule has 3 rings (SSSR count). The summed E-state index contributed by atoms with van der Waals surface area (Å²) in [5.74, 6) is 1.39. The van der Waals surface area contributed by atoms with Gasteiger partial charge in [0.15, 0.2) is 0 Å². The smallest absolute Gasteiger partial charge is 0.243 e. The van der Waals surface area contributed by atoms with Crippen LogP contribution in [-0.2, 0) is 4.79 Å². The molecular formula is C22H21ClN2O3. The minimum absolute atomic E-state index is 0.139. The predicted molar refractivity (Wildman–Crippen MR) is 112 cm³/mol. The molecular weight excluding hydrogens is 376 g/mol. The third-order valence-corrected chi connectivity index (χ3v) is 4.05. The molecule has 0 unspecified atom stereocenters. The number of ether oxygens (including phenoxy) is 2. The number of anilines is 2. The molecule has 0 aliphatic carbocycles. The van der Waals surface area contributed by atoms with Crippen molar-refractivity contribution < 1.29 is 14.3 Å². The van der Waals surface area contributed by atoms with Crippen LogP contribution >= 0.6 is 11.6 Å². The van der Waals surface area contributed by atoms with Crippen LogP contribution in [0.1, 0.15) is 0 Å². The largest absolute Gasteiger partial charge is 0.490 e. The van der Waals surface area contributed by atoms with Gasteiger partial charge in [-0.1, -0.05) is 29.8 Å². The molecule has 2 N–H and O–H groups in total. The van der Waals surface area contributed by atoms with Gasteiger partial charge in [0.25, 0.3) is 0 Å². The third kappa shape index (κ3) is 6.52. The number of hydrogen-bond acceptors (Lipinski definition) is 4. The minimum atomic E-state index is -0.139. The molecule has 5 nitrogen and oxygen atoms in total. The highest BCUT2D eigenvalue weighted by Gasteiger charge is 2.03. The van der Waals surface area contributed by atoms with Crippen LogP contribution in [-0.4, -0.2) is 25.7 Å². The van der Waals surface area contributed by atoms with Gasteiger partial charge in [-0.2, -0.15) is 0 Å². The Morgan fingerprint density at radius 3 is 1.96 bits per heavy atom. The van der Waals surface area contributed by atoms with E-state index in [1.807, 2.05) is 54.6 Å². The first-order chi connectivity index (χ1) is 13.7. The van der Waals surface area contributed by atoms with E-state index in [9.17, 15) is 4.79 Å². The first kappa shape index (κ1) is 19.6. The van der Waals surface area contributed by atoms with E-state index in [0.29, 0.717) is 29.7 Å². The van der Waals surface area contributed by atoms with Gasteiger partial charge in [0.2, 0.25) is 5.91 Å². The first-order valence-corrected chi connectivity index (χ1v) is 9.27. The maximum Gasteiger partial charge on any atom is 0.243 e. The fourth-order valence-corrected chi connectivity index (χ4v) is 2.55. The van der Waals surface area contributed by atoms with Gasteiger partial charge in [-0.25, -0.2) is 0 Å². The Morgan fingerprint density at radius 1 is 0.750 bits per heavy atom. The van der Waals surface area contributed by atoms with E-state index in [0.717, 1.165) is 11.4 Å². The zero-order chi connectivity index (χ0) is 19.6. The number of carbonyl (C=O) groups excluding carboxylic acids is 1. The summed E-state index contributed by atoms with van der Waals surface area (Å²) >= 11 is 5.84. The summed E-state index contributed by atoms with van der Waals surface area (Å²) < 4.78 is 11.2. The topological polar surface area (TPSA) is 59.6 Å². The van der Waals surface area contributed by atoms with E-state index in [1.54, 1.807) is 24.3 Å². The van der Waals surface area contributed by atoms with Crippen molar-refractivity contribution in [3.05, 3.63) is 83.9 Å². The van der Waals surface area contributed by atoms with Gasteiger partial charge in [-0.15, -0.1) is 0 Å². The second kappa shape index (κ2) is 10.2. The summed E-state index contributed by atoms with van der Waals surface area (Å²) in [4.78, 5) is 12.0. The van der Waals surface area contributed by atoms with Gasteiger partial charge in [-0.3, -0.25) is 4.79 Å². The van der Waals surface area contributed by atoms with Gasteiger partial charge in [0.1, 0.15) is 24.7 Å². The van der Waals surface area contributed by atoms with Gasteiger partial charge < -0.3 is 20.1 Å². The predicted octanol–water partition coefficient (Wildman–Crippen LogP) is 4.85. The highest BCUT2D eigenvalue weighted by molar-refractivity contribution is 6.30. The Balaban J connectivity index is 1.37. The molecule has 0 radical (unpaired) electrons. The maximum absolute atomic E-state index is 12.0. The molecule has 0 aromatic heterocycles. The molecule has 1 amide bonds. The summed E-state index contributed by atoms with van der Waals surface area (Å²) in [6, 6.07) is 24.0. The average molecular weight is 397 g/mol. The lowest BCUT2D eigenvalue weighted by molar-refractivity contribution is -0.114. The molecule has 0 bridgehead atoms. The number of halogens is 1. The Kier molecular flexibility index (Phi) is 7.15. The number of benzene rings is 3. The molecule has 0 heterocycles. The van der Waals surface area contributed by atoms with Gasteiger partial charge in [0.05, 0.1) is 6.54 Å². The van der Waals surface area contributed by atoms with E-state index in [-0.39, 0.29) is 12.5 Å². The second-order valence-electron chi connectivity index (χ2n) is 5.94. The molecule has 0 atom stereocenters. The van der Waals surface area contributed by atoms with Crippen molar-refractivity contribution in [3.8, 4) is 11.5 Å². The molecule has 0 aliphatic heterocycles. The fourth-order valence-electron chi connectivity index (χ4n) is 2.43. The van der Waals surface area contributed by atoms with Crippen LogP contribution in [0.15, 0.2) is 78.9 Å². The highest BCUT2D eigenvalue weighted by Crippen LogP contribution is 2.16. The molecule has 0 fully saturated rings. The normalized spacial score (nSPS) is 10.2. The zero-order valence-electron chi connectivity index (χ0n) is 15.2. The van der Waals surface area contributed by atoms with Crippen molar-refractivity contribution in [1.82, 2.24) is 0 Å². The Bertz CT molecular complexity index is 869. The molecule has 0 spiro atoms. The lowest BCUT2D eigenvalue weighted by atomic mass is 10.3. The SMILES string of the molecule is O=C(CNc1ccc(Cl)cc1)Nc1ccc(OCCOc2ccccc2)cc1. The van der Waals surface area contributed by atoms with E-state index in [1.165, 1.54) is 0 Å². The number of hydrogen-bond donors (Lipinski definition) is 2. The molecule has 144 valence electrons. The van der Waals surface area contributed by atoms with Crippen LogP contribution < -0.4 is 20.1 Å². The molecule has 3 aromatic rings. The summed E-state index contributed by atoms with van der Waals surface area (Å²) in [6.07, 6.45) is 0. The summed E-state index contributed by atoms with van der Waals surface area (Å²) in [7, 11) is 0. The lowest BCUT2D eigenvalue weighted by Crippen LogP contribution is -2.21. The summed E-state index contributed by atoms with van der Waals surface area (Å²) in [5.41, 5.74) is 1.54. The number of amides is 1. The molecule has 3 aromatic carbocycles. The van der Waals surface area contributed by atoms with Crippen LogP contribution in [0, 0.1) is 0 Å². The van der Waals surface area contributed by atoms with Crippen molar-refractivity contribution >= 4 is 28.9 Å². The second-order valence-corrected chi connectivity index (χ2v) is 6.38. The number of nitrogens with one attached hydrogen (secondary N) is 2. The van der Waals surface area contributed by atoms with E-state index in [2.05, 4.69) is 10.6 Å². The maximum atomic E-state index is 12.0. The lowest BCUT2D eigenvalue weighted by Gasteiger charge is -2.10. The zero-order valence-corrected chi connectivity index (χ0v) is 16.0. The monoisotopic (exact) mass is 396 g/mol. The number of para-hydroxylation sites is 1.